The van der Waals surface area contributed by atoms with Gasteiger partial charge in [0.1, 0.15) is 0 Å². The first-order valence-corrected chi connectivity index (χ1v) is 6.61. The Labute approximate surface area is 111 Å². The molecule has 0 spiro atoms. The van der Waals surface area contributed by atoms with Crippen LogP contribution in [0.15, 0.2) is 18.3 Å². The van der Waals surface area contributed by atoms with Crippen LogP contribution in [0.2, 0.25) is 0 Å². The van der Waals surface area contributed by atoms with E-state index in [0.29, 0.717) is 5.88 Å². The van der Waals surface area contributed by atoms with Crippen molar-refractivity contribution in [2.75, 3.05) is 7.11 Å². The van der Waals surface area contributed by atoms with E-state index < -0.39 is 5.41 Å². The van der Waals surface area contributed by atoms with Crippen molar-refractivity contribution >= 4 is 5.91 Å². The fourth-order valence-electron chi connectivity index (χ4n) is 4.37. The lowest BCUT2D eigenvalue weighted by Gasteiger charge is -2.25. The zero-order valence-electron chi connectivity index (χ0n) is 10.8. The van der Waals surface area contributed by atoms with Crippen LogP contribution in [-0.2, 0) is 14.9 Å². The summed E-state index contributed by atoms with van der Waals surface area (Å²) in [7, 11) is 1.59. The van der Waals surface area contributed by atoms with Gasteiger partial charge in [-0.2, -0.15) is 0 Å². The van der Waals surface area contributed by atoms with Gasteiger partial charge in [-0.3, -0.25) is 4.79 Å². The molecule has 5 nitrogen and oxygen atoms in total. The lowest BCUT2D eigenvalue weighted by atomic mass is 9.75. The normalized spacial score (nSPS) is 41.9. The number of rotatable bonds is 3. The van der Waals surface area contributed by atoms with Crippen LogP contribution >= 0.6 is 0 Å². The SMILES string of the molecule is COc1cc(C23CC2(C(N)=O)C2CCC3O2)ccn1. The molecule has 2 bridgehead atoms. The van der Waals surface area contributed by atoms with Crippen molar-refractivity contribution in [1.82, 2.24) is 4.98 Å². The zero-order valence-corrected chi connectivity index (χ0v) is 10.8. The van der Waals surface area contributed by atoms with E-state index in [0.717, 1.165) is 24.8 Å². The first-order valence-electron chi connectivity index (χ1n) is 6.61. The summed E-state index contributed by atoms with van der Waals surface area (Å²) in [6.45, 7) is 0. The Morgan fingerprint density at radius 2 is 2.32 bits per heavy atom. The van der Waals surface area contributed by atoms with Crippen LogP contribution in [0.1, 0.15) is 24.8 Å². The van der Waals surface area contributed by atoms with Gasteiger partial charge in [-0.25, -0.2) is 4.98 Å². The molecule has 1 saturated carbocycles. The molecule has 4 atom stereocenters. The molecule has 5 heteroatoms. The van der Waals surface area contributed by atoms with E-state index >= 15 is 0 Å². The molecule has 2 N–H and O–H groups in total. The average Bonchev–Trinajstić information content (AvgIpc) is 2.85. The molecule has 3 fully saturated rings. The van der Waals surface area contributed by atoms with Crippen LogP contribution in [0.3, 0.4) is 0 Å². The smallest absolute Gasteiger partial charge is 0.227 e. The molecule has 3 aliphatic rings. The van der Waals surface area contributed by atoms with Gasteiger partial charge in [-0.15, -0.1) is 0 Å². The third kappa shape index (κ3) is 1.07. The number of hydrogen-bond donors (Lipinski definition) is 1. The highest BCUT2D eigenvalue weighted by molar-refractivity contribution is 5.90. The van der Waals surface area contributed by atoms with Crippen LogP contribution in [0.5, 0.6) is 5.88 Å². The summed E-state index contributed by atoms with van der Waals surface area (Å²) < 4.78 is 11.2. The van der Waals surface area contributed by atoms with Crippen LogP contribution in [0.4, 0.5) is 0 Å². The van der Waals surface area contributed by atoms with Crippen molar-refractivity contribution in [3.8, 4) is 5.88 Å². The fourth-order valence-corrected chi connectivity index (χ4v) is 4.37. The van der Waals surface area contributed by atoms with E-state index in [-0.39, 0.29) is 23.5 Å². The second-order valence-electron chi connectivity index (χ2n) is 5.76. The average molecular weight is 260 g/mol. The quantitative estimate of drug-likeness (QED) is 0.871. The van der Waals surface area contributed by atoms with Gasteiger partial charge in [0, 0.05) is 17.7 Å². The highest BCUT2D eigenvalue weighted by atomic mass is 16.5. The molecule has 3 heterocycles. The van der Waals surface area contributed by atoms with E-state index in [1.165, 1.54) is 0 Å². The molecule has 100 valence electrons. The second kappa shape index (κ2) is 3.28. The molecule has 0 aromatic carbocycles. The molecule has 2 aliphatic heterocycles. The minimum absolute atomic E-state index is 0.00541. The van der Waals surface area contributed by atoms with Crippen molar-refractivity contribution in [1.29, 1.82) is 0 Å². The Kier molecular flexibility index (Phi) is 1.94. The topological polar surface area (TPSA) is 74.4 Å². The summed E-state index contributed by atoms with van der Waals surface area (Å²) >= 11 is 0. The number of amides is 1. The number of nitrogens with two attached hydrogens (primary N) is 1. The molecule has 1 aromatic rings. The van der Waals surface area contributed by atoms with Gasteiger partial charge in [0.2, 0.25) is 11.8 Å². The summed E-state index contributed by atoms with van der Waals surface area (Å²) in [5, 5.41) is 0. The number of nitrogens with zero attached hydrogens (tertiary/aromatic N) is 1. The van der Waals surface area contributed by atoms with Crippen LogP contribution in [0, 0.1) is 5.41 Å². The van der Waals surface area contributed by atoms with Crippen molar-refractivity contribution in [3.05, 3.63) is 23.9 Å². The number of carbonyl (C=O) groups is 1. The first-order chi connectivity index (χ1) is 9.15. The highest BCUT2D eigenvalue weighted by Gasteiger charge is 2.84. The molecular formula is C14H16N2O3. The summed E-state index contributed by atoms with van der Waals surface area (Å²) in [5.41, 5.74) is 6.03. The highest BCUT2D eigenvalue weighted by Crippen LogP contribution is 2.77. The van der Waals surface area contributed by atoms with Gasteiger partial charge >= 0.3 is 0 Å². The number of aromatic nitrogens is 1. The van der Waals surface area contributed by atoms with Gasteiger partial charge in [0.05, 0.1) is 24.7 Å². The van der Waals surface area contributed by atoms with E-state index in [9.17, 15) is 4.79 Å². The monoisotopic (exact) mass is 260 g/mol. The number of hydrogen-bond acceptors (Lipinski definition) is 4. The molecule has 1 amide bonds. The Morgan fingerprint density at radius 1 is 1.53 bits per heavy atom. The van der Waals surface area contributed by atoms with Gasteiger partial charge in [-0.1, -0.05) is 0 Å². The first kappa shape index (κ1) is 11.2. The number of methoxy groups -OCH3 is 1. The minimum Gasteiger partial charge on any atom is -0.481 e. The van der Waals surface area contributed by atoms with Crippen molar-refractivity contribution < 1.29 is 14.3 Å². The molecule has 2 saturated heterocycles. The lowest BCUT2D eigenvalue weighted by molar-refractivity contribution is -0.126. The van der Waals surface area contributed by atoms with Crippen LogP contribution < -0.4 is 10.5 Å². The molecule has 4 rings (SSSR count). The molecule has 1 aromatic heterocycles. The van der Waals surface area contributed by atoms with E-state index in [4.69, 9.17) is 15.2 Å². The van der Waals surface area contributed by atoms with Gasteiger partial charge in [0.15, 0.2) is 0 Å². The van der Waals surface area contributed by atoms with Crippen molar-refractivity contribution in [3.63, 3.8) is 0 Å². The molecule has 1 aliphatic carbocycles. The summed E-state index contributed by atoms with van der Waals surface area (Å²) in [6.07, 6.45) is 4.57. The maximum atomic E-state index is 12.0. The predicted octanol–water partition coefficient (Wildman–Crippen LogP) is 0.765. The Hall–Kier alpha value is -1.62. The largest absolute Gasteiger partial charge is 0.481 e. The third-order valence-electron chi connectivity index (χ3n) is 5.25. The van der Waals surface area contributed by atoms with Gasteiger partial charge in [-0.05, 0) is 30.9 Å². The Bertz CT molecular complexity index is 576. The molecule has 0 radical (unpaired) electrons. The van der Waals surface area contributed by atoms with Gasteiger partial charge < -0.3 is 15.2 Å². The number of primary amides is 1. The van der Waals surface area contributed by atoms with Gasteiger partial charge in [0.25, 0.3) is 0 Å². The standard InChI is InChI=1S/C14H16N2O3/c1-18-11-6-8(4-5-16-11)13-7-14(13,12(15)17)10-3-2-9(13)19-10/h4-6,9-10H,2-3,7H2,1H3,(H2,15,17). The zero-order chi connectivity index (χ0) is 13.3. The van der Waals surface area contributed by atoms with Crippen molar-refractivity contribution in [2.24, 2.45) is 11.1 Å². The molecule has 19 heavy (non-hydrogen) atoms. The number of fused-ring (bicyclic) bond motifs is 5. The maximum absolute atomic E-state index is 12.0. The summed E-state index contributed by atoms with van der Waals surface area (Å²) in [6, 6.07) is 3.87. The van der Waals surface area contributed by atoms with Crippen molar-refractivity contribution in [2.45, 2.75) is 36.9 Å². The molecular weight excluding hydrogens is 244 g/mol. The van der Waals surface area contributed by atoms with E-state index in [1.54, 1.807) is 13.3 Å². The number of pyridine rings is 1. The predicted molar refractivity (Wildman–Crippen MR) is 66.6 cm³/mol. The van der Waals surface area contributed by atoms with E-state index in [2.05, 4.69) is 4.98 Å². The molecule has 4 unspecified atom stereocenters. The van der Waals surface area contributed by atoms with Crippen LogP contribution in [0.25, 0.3) is 0 Å². The summed E-state index contributed by atoms with van der Waals surface area (Å²) in [5.74, 6) is 0.343. The van der Waals surface area contributed by atoms with E-state index in [1.807, 2.05) is 12.1 Å². The summed E-state index contributed by atoms with van der Waals surface area (Å²) in [4.78, 5) is 16.1. The van der Waals surface area contributed by atoms with Crippen LogP contribution in [-0.4, -0.2) is 30.2 Å². The number of ether oxygens (including phenoxy) is 2. The number of carbonyl (C=O) groups excluding carboxylic acids is 1. The minimum atomic E-state index is -0.498. The third-order valence-corrected chi connectivity index (χ3v) is 5.25. The fraction of sp³-hybridized carbons (Fsp3) is 0.571. The Morgan fingerprint density at radius 3 is 3.05 bits per heavy atom. The maximum Gasteiger partial charge on any atom is 0.227 e. The second-order valence-corrected chi connectivity index (χ2v) is 5.76. The Balaban J connectivity index is 1.84. The lowest BCUT2D eigenvalue weighted by Crippen LogP contribution is -2.40.